The van der Waals surface area contributed by atoms with E-state index < -0.39 is 0 Å². The minimum Gasteiger partial charge on any atom is -0.201 e. The van der Waals surface area contributed by atoms with Gasteiger partial charge in [-0.2, -0.15) is 0 Å². The third-order valence-corrected chi connectivity index (χ3v) is 6.38. The molecule has 4 rings (SSSR count). The van der Waals surface area contributed by atoms with E-state index in [1.54, 1.807) is 11.1 Å². The molecule has 24 heavy (non-hydrogen) atoms. The molecule has 0 radical (unpaired) electrons. The Morgan fingerprint density at radius 2 is 1.58 bits per heavy atom. The van der Waals surface area contributed by atoms with Crippen molar-refractivity contribution >= 4 is 0 Å². The average Bonchev–Trinajstić information content (AvgIpc) is 2.98. The molecule has 1 heteroatoms. The molecule has 1 atom stereocenters. The monoisotopic (exact) mass is 320 g/mol. The molecule has 2 aliphatic carbocycles. The topological polar surface area (TPSA) is 3.88 Å². The summed E-state index contributed by atoms with van der Waals surface area (Å²) in [4.78, 5) is 0. The lowest BCUT2D eigenvalue weighted by Crippen LogP contribution is -2.31. The number of hydrogen-bond donors (Lipinski definition) is 0. The molecule has 126 valence electrons. The maximum atomic E-state index is 2.50. The first kappa shape index (κ1) is 15.9. The van der Waals surface area contributed by atoms with E-state index in [2.05, 4.69) is 55.9 Å². The molecule has 1 fully saturated rings. The normalized spacial score (nSPS) is 21.0. The van der Waals surface area contributed by atoms with Crippen LogP contribution in [0.5, 0.6) is 0 Å². The van der Waals surface area contributed by atoms with Crippen LogP contribution in [0.1, 0.15) is 54.4 Å². The van der Waals surface area contributed by atoms with Crippen molar-refractivity contribution in [1.29, 1.82) is 0 Å². The summed E-state index contributed by atoms with van der Waals surface area (Å²) in [5, 5.41) is 0. The Hall–Kier alpha value is -1.63. The van der Waals surface area contributed by atoms with Crippen molar-refractivity contribution in [2.45, 2.75) is 58.8 Å². The standard InChI is InChI=1S/C23H30N/c1-16-9-10-23(24(3)15-16)22-14-21-13-20(12-19(21)11-17(22)2)18-7-5-4-6-8-18/h9-11,14-15,18,20H,4-8,12-13H2,1-3H3/q+1. The van der Waals surface area contributed by atoms with E-state index >= 15 is 0 Å². The zero-order chi connectivity index (χ0) is 16.7. The second-order valence-electron chi connectivity index (χ2n) is 8.20. The van der Waals surface area contributed by atoms with Crippen molar-refractivity contribution in [1.82, 2.24) is 0 Å². The Morgan fingerprint density at radius 1 is 0.875 bits per heavy atom. The third kappa shape index (κ3) is 2.90. The lowest BCUT2D eigenvalue weighted by atomic mass is 9.79. The van der Waals surface area contributed by atoms with Crippen molar-refractivity contribution in [3.63, 3.8) is 0 Å². The van der Waals surface area contributed by atoms with E-state index in [0.29, 0.717) is 0 Å². The summed E-state index contributed by atoms with van der Waals surface area (Å²) in [5.74, 6) is 1.88. The summed E-state index contributed by atoms with van der Waals surface area (Å²) in [6.07, 6.45) is 12.2. The number of benzene rings is 1. The summed E-state index contributed by atoms with van der Waals surface area (Å²) in [6.45, 7) is 4.44. The van der Waals surface area contributed by atoms with Gasteiger partial charge in [-0.15, -0.1) is 0 Å². The first-order valence-electron chi connectivity index (χ1n) is 9.71. The molecule has 0 saturated heterocycles. The quantitative estimate of drug-likeness (QED) is 0.679. The van der Waals surface area contributed by atoms with Gasteiger partial charge in [-0.25, -0.2) is 4.57 Å². The van der Waals surface area contributed by atoms with Gasteiger partial charge in [0, 0.05) is 17.2 Å². The van der Waals surface area contributed by atoms with Gasteiger partial charge in [0.1, 0.15) is 7.05 Å². The van der Waals surface area contributed by atoms with E-state index in [4.69, 9.17) is 0 Å². The predicted molar refractivity (Wildman–Crippen MR) is 100 cm³/mol. The van der Waals surface area contributed by atoms with Gasteiger partial charge in [-0.05, 0) is 67.3 Å². The van der Waals surface area contributed by atoms with Crippen LogP contribution in [0.3, 0.4) is 0 Å². The molecule has 0 aliphatic heterocycles. The van der Waals surface area contributed by atoms with E-state index in [9.17, 15) is 0 Å². The number of fused-ring (bicyclic) bond motifs is 1. The van der Waals surface area contributed by atoms with Gasteiger partial charge < -0.3 is 0 Å². The molecule has 1 nitrogen and oxygen atoms in total. The molecule has 0 bridgehead atoms. The molecule has 0 amide bonds. The largest absolute Gasteiger partial charge is 0.212 e. The SMILES string of the molecule is Cc1ccc(-c2cc3c(cc2C)CC(C2CCCCC2)C3)[n+](C)c1. The lowest BCUT2D eigenvalue weighted by molar-refractivity contribution is -0.660. The molecule has 0 spiro atoms. The van der Waals surface area contributed by atoms with Gasteiger partial charge >= 0.3 is 0 Å². The Labute approximate surface area is 146 Å². The number of aromatic nitrogens is 1. The van der Waals surface area contributed by atoms with Crippen LogP contribution >= 0.6 is 0 Å². The highest BCUT2D eigenvalue weighted by atomic mass is 14.9. The first-order valence-corrected chi connectivity index (χ1v) is 9.71. The maximum Gasteiger partial charge on any atom is 0.212 e. The van der Waals surface area contributed by atoms with Crippen molar-refractivity contribution in [3.8, 4) is 11.3 Å². The third-order valence-electron chi connectivity index (χ3n) is 6.38. The summed E-state index contributed by atoms with van der Waals surface area (Å²) in [7, 11) is 2.17. The Kier molecular flexibility index (Phi) is 4.20. The van der Waals surface area contributed by atoms with Crippen molar-refractivity contribution in [3.05, 3.63) is 52.7 Å². The molecular formula is C23H30N+. The molecule has 1 saturated carbocycles. The lowest BCUT2D eigenvalue weighted by Gasteiger charge is -2.27. The summed E-state index contributed by atoms with van der Waals surface area (Å²) >= 11 is 0. The smallest absolute Gasteiger partial charge is 0.201 e. The zero-order valence-corrected chi connectivity index (χ0v) is 15.4. The summed E-state index contributed by atoms with van der Waals surface area (Å²) < 4.78 is 2.28. The minimum absolute atomic E-state index is 0.904. The highest BCUT2D eigenvalue weighted by Gasteiger charge is 2.30. The molecular weight excluding hydrogens is 290 g/mol. The van der Waals surface area contributed by atoms with Crippen LogP contribution in [-0.4, -0.2) is 0 Å². The number of pyridine rings is 1. The fraction of sp³-hybridized carbons (Fsp3) is 0.522. The fourth-order valence-corrected chi connectivity index (χ4v) is 5.07. The molecule has 2 aromatic rings. The number of hydrogen-bond acceptors (Lipinski definition) is 0. The van der Waals surface area contributed by atoms with E-state index in [0.717, 1.165) is 11.8 Å². The first-order chi connectivity index (χ1) is 11.6. The van der Waals surface area contributed by atoms with Crippen LogP contribution in [0, 0.1) is 25.7 Å². The highest BCUT2D eigenvalue weighted by Crippen LogP contribution is 2.40. The van der Waals surface area contributed by atoms with E-state index in [-0.39, 0.29) is 0 Å². The van der Waals surface area contributed by atoms with Crippen LogP contribution in [0.4, 0.5) is 0 Å². The van der Waals surface area contributed by atoms with Gasteiger partial charge in [0.05, 0.1) is 0 Å². The van der Waals surface area contributed by atoms with Gasteiger partial charge in [-0.3, -0.25) is 0 Å². The van der Waals surface area contributed by atoms with Gasteiger partial charge in [-0.1, -0.05) is 38.2 Å². The number of nitrogens with zero attached hydrogens (tertiary/aromatic N) is 1. The van der Waals surface area contributed by atoms with Crippen molar-refractivity contribution in [2.75, 3.05) is 0 Å². The van der Waals surface area contributed by atoms with E-state index in [1.165, 1.54) is 67.3 Å². The second-order valence-corrected chi connectivity index (χ2v) is 8.20. The summed E-state index contributed by atoms with van der Waals surface area (Å²) in [6, 6.07) is 9.48. The second kappa shape index (κ2) is 6.35. The minimum atomic E-state index is 0.904. The molecule has 1 heterocycles. The van der Waals surface area contributed by atoms with Crippen LogP contribution in [0.25, 0.3) is 11.3 Å². The van der Waals surface area contributed by atoms with Crippen LogP contribution in [-0.2, 0) is 19.9 Å². The molecule has 2 aliphatic rings. The molecule has 1 unspecified atom stereocenters. The molecule has 1 aromatic heterocycles. The van der Waals surface area contributed by atoms with Gasteiger partial charge in [0.25, 0.3) is 0 Å². The van der Waals surface area contributed by atoms with Crippen LogP contribution in [0.2, 0.25) is 0 Å². The van der Waals surface area contributed by atoms with Crippen molar-refractivity contribution < 1.29 is 4.57 Å². The summed E-state index contributed by atoms with van der Waals surface area (Å²) in [5.41, 5.74) is 8.74. The molecule has 0 N–H and O–H groups in total. The average molecular weight is 321 g/mol. The molecule has 1 aromatic carbocycles. The Bertz CT molecular complexity index is 753. The Morgan fingerprint density at radius 3 is 2.29 bits per heavy atom. The van der Waals surface area contributed by atoms with E-state index in [1.807, 2.05) is 0 Å². The fourth-order valence-electron chi connectivity index (χ4n) is 5.07. The maximum absolute atomic E-state index is 2.50. The van der Waals surface area contributed by atoms with Crippen LogP contribution in [0.15, 0.2) is 30.5 Å². The van der Waals surface area contributed by atoms with Crippen LogP contribution < -0.4 is 4.57 Å². The van der Waals surface area contributed by atoms with Crippen molar-refractivity contribution in [2.24, 2.45) is 18.9 Å². The predicted octanol–water partition coefficient (Wildman–Crippen LogP) is 5.09. The Balaban J connectivity index is 1.64. The number of aryl methyl sites for hydroxylation is 3. The van der Waals surface area contributed by atoms with Gasteiger partial charge in [0.15, 0.2) is 6.20 Å². The highest BCUT2D eigenvalue weighted by molar-refractivity contribution is 5.64. The van der Waals surface area contributed by atoms with Gasteiger partial charge in [0.2, 0.25) is 5.69 Å². The zero-order valence-electron chi connectivity index (χ0n) is 15.4. The number of rotatable bonds is 2.